The lowest BCUT2D eigenvalue weighted by Gasteiger charge is -2.28. The standard InChI is InChI=1S/C22H36O4/c1-16(4-6-17-8-12-19(13-9-17)21(23)25-2)5-7-18-10-14-20(15-11-18)22(24)26-3/h17-20H,1,4-15H2,2-3H3. The lowest BCUT2D eigenvalue weighted by atomic mass is 9.78. The van der Waals surface area contributed by atoms with Crippen LogP contribution in [0.3, 0.4) is 0 Å². The molecule has 4 nitrogen and oxygen atoms in total. The van der Waals surface area contributed by atoms with E-state index in [9.17, 15) is 9.59 Å². The maximum Gasteiger partial charge on any atom is 0.308 e. The maximum absolute atomic E-state index is 11.6. The third-order valence-electron chi connectivity index (χ3n) is 6.57. The zero-order valence-electron chi connectivity index (χ0n) is 16.6. The minimum absolute atomic E-state index is 0.0326. The Labute approximate surface area is 158 Å². The number of ether oxygens (including phenoxy) is 2. The fourth-order valence-electron chi connectivity index (χ4n) is 4.65. The molecule has 4 heteroatoms. The fraction of sp³-hybridized carbons (Fsp3) is 0.818. The van der Waals surface area contributed by atoms with Gasteiger partial charge in [-0.3, -0.25) is 9.59 Å². The van der Waals surface area contributed by atoms with E-state index >= 15 is 0 Å². The molecule has 2 rings (SSSR count). The highest BCUT2D eigenvalue weighted by atomic mass is 16.5. The largest absolute Gasteiger partial charge is 0.469 e. The summed E-state index contributed by atoms with van der Waals surface area (Å²) in [6.45, 7) is 4.29. The number of hydrogen-bond donors (Lipinski definition) is 0. The molecule has 2 aliphatic rings. The molecule has 2 saturated carbocycles. The predicted molar refractivity (Wildman–Crippen MR) is 103 cm³/mol. The Morgan fingerprint density at radius 1 is 0.731 bits per heavy atom. The van der Waals surface area contributed by atoms with E-state index in [1.807, 2.05) is 0 Å². The molecule has 0 aromatic rings. The van der Waals surface area contributed by atoms with Crippen molar-refractivity contribution in [3.63, 3.8) is 0 Å². The summed E-state index contributed by atoms with van der Waals surface area (Å²) >= 11 is 0. The van der Waals surface area contributed by atoms with Crippen molar-refractivity contribution in [1.82, 2.24) is 0 Å². The fourth-order valence-corrected chi connectivity index (χ4v) is 4.65. The van der Waals surface area contributed by atoms with Gasteiger partial charge in [0.2, 0.25) is 0 Å². The third kappa shape index (κ3) is 6.44. The molecule has 0 aromatic carbocycles. The van der Waals surface area contributed by atoms with Crippen LogP contribution >= 0.6 is 0 Å². The molecule has 0 atom stereocenters. The van der Waals surface area contributed by atoms with E-state index in [0.29, 0.717) is 0 Å². The van der Waals surface area contributed by atoms with E-state index in [4.69, 9.17) is 9.47 Å². The van der Waals surface area contributed by atoms with Gasteiger partial charge in [0, 0.05) is 0 Å². The van der Waals surface area contributed by atoms with Crippen molar-refractivity contribution in [2.75, 3.05) is 14.2 Å². The van der Waals surface area contributed by atoms with Gasteiger partial charge in [-0.25, -0.2) is 0 Å². The van der Waals surface area contributed by atoms with Gasteiger partial charge in [0.25, 0.3) is 0 Å². The van der Waals surface area contributed by atoms with Crippen LogP contribution in [0.2, 0.25) is 0 Å². The summed E-state index contributed by atoms with van der Waals surface area (Å²) in [4.78, 5) is 23.2. The molecule has 0 bridgehead atoms. The average molecular weight is 365 g/mol. The molecule has 26 heavy (non-hydrogen) atoms. The second-order valence-electron chi connectivity index (χ2n) is 8.31. The summed E-state index contributed by atoms with van der Waals surface area (Å²) in [6, 6.07) is 0. The van der Waals surface area contributed by atoms with Gasteiger partial charge in [-0.2, -0.15) is 0 Å². The van der Waals surface area contributed by atoms with Crippen molar-refractivity contribution in [2.45, 2.75) is 77.0 Å². The molecular weight excluding hydrogens is 328 g/mol. The Kier molecular flexibility index (Phi) is 8.67. The van der Waals surface area contributed by atoms with Gasteiger partial charge in [0.1, 0.15) is 0 Å². The normalized spacial score (nSPS) is 29.0. The van der Waals surface area contributed by atoms with Gasteiger partial charge in [0.15, 0.2) is 0 Å². The molecule has 0 aliphatic heterocycles. The SMILES string of the molecule is C=C(CCC1CCC(C(=O)OC)CC1)CCC1CCC(C(=O)OC)CC1. The zero-order valence-corrected chi connectivity index (χ0v) is 16.6. The van der Waals surface area contributed by atoms with Gasteiger partial charge >= 0.3 is 11.9 Å². The van der Waals surface area contributed by atoms with Gasteiger partial charge in [-0.05, 0) is 88.9 Å². The summed E-state index contributed by atoms with van der Waals surface area (Å²) in [5, 5.41) is 0. The summed E-state index contributed by atoms with van der Waals surface area (Å²) < 4.78 is 9.72. The summed E-state index contributed by atoms with van der Waals surface area (Å²) in [5.74, 6) is 1.66. The van der Waals surface area contributed by atoms with Gasteiger partial charge in [-0.15, -0.1) is 0 Å². The Morgan fingerprint density at radius 2 is 1.08 bits per heavy atom. The van der Waals surface area contributed by atoms with E-state index < -0.39 is 0 Å². The molecule has 0 heterocycles. The van der Waals surface area contributed by atoms with E-state index in [0.717, 1.165) is 76.0 Å². The smallest absolute Gasteiger partial charge is 0.308 e. The Balaban J connectivity index is 1.56. The van der Waals surface area contributed by atoms with Crippen LogP contribution in [0.15, 0.2) is 12.2 Å². The number of methoxy groups -OCH3 is 2. The highest BCUT2D eigenvalue weighted by Crippen LogP contribution is 2.35. The van der Waals surface area contributed by atoms with Crippen molar-refractivity contribution in [3.8, 4) is 0 Å². The van der Waals surface area contributed by atoms with Crippen molar-refractivity contribution in [1.29, 1.82) is 0 Å². The summed E-state index contributed by atoms with van der Waals surface area (Å²) in [5.41, 5.74) is 1.37. The second-order valence-corrected chi connectivity index (χ2v) is 8.31. The lowest BCUT2D eigenvalue weighted by molar-refractivity contribution is -0.147. The van der Waals surface area contributed by atoms with Crippen LogP contribution in [-0.4, -0.2) is 26.2 Å². The van der Waals surface area contributed by atoms with Crippen molar-refractivity contribution in [2.24, 2.45) is 23.7 Å². The Bertz CT molecular complexity index is 427. The van der Waals surface area contributed by atoms with E-state index in [1.54, 1.807) is 0 Å². The first-order valence-corrected chi connectivity index (χ1v) is 10.4. The molecule has 0 aromatic heterocycles. The summed E-state index contributed by atoms with van der Waals surface area (Å²) in [7, 11) is 2.97. The zero-order chi connectivity index (χ0) is 18.9. The monoisotopic (exact) mass is 364 g/mol. The number of esters is 2. The van der Waals surface area contributed by atoms with E-state index in [2.05, 4.69) is 6.58 Å². The number of carbonyl (C=O) groups excluding carboxylic acids is 2. The van der Waals surface area contributed by atoms with Crippen LogP contribution < -0.4 is 0 Å². The quantitative estimate of drug-likeness (QED) is 0.446. The predicted octanol–water partition coefficient (Wildman–Crippen LogP) is 5.06. The topological polar surface area (TPSA) is 52.6 Å². The molecule has 2 aliphatic carbocycles. The minimum atomic E-state index is -0.0326. The molecule has 0 saturated heterocycles. The average Bonchev–Trinajstić information content (AvgIpc) is 2.70. The minimum Gasteiger partial charge on any atom is -0.469 e. The third-order valence-corrected chi connectivity index (χ3v) is 6.57. The molecule has 2 fully saturated rings. The van der Waals surface area contributed by atoms with E-state index in [-0.39, 0.29) is 23.8 Å². The van der Waals surface area contributed by atoms with Gasteiger partial charge in [0.05, 0.1) is 26.1 Å². The Morgan fingerprint density at radius 3 is 1.38 bits per heavy atom. The van der Waals surface area contributed by atoms with Crippen LogP contribution in [0.1, 0.15) is 77.0 Å². The highest BCUT2D eigenvalue weighted by Gasteiger charge is 2.28. The second kappa shape index (κ2) is 10.7. The van der Waals surface area contributed by atoms with Crippen LogP contribution in [0.5, 0.6) is 0 Å². The first kappa shape index (κ1) is 21.0. The molecular formula is C22H36O4. The first-order chi connectivity index (χ1) is 12.5. The molecule has 0 radical (unpaired) electrons. The number of carbonyl (C=O) groups is 2. The summed E-state index contributed by atoms with van der Waals surface area (Å²) in [6.07, 6.45) is 13.1. The van der Waals surface area contributed by atoms with Crippen LogP contribution in [0.25, 0.3) is 0 Å². The van der Waals surface area contributed by atoms with Crippen LogP contribution in [0.4, 0.5) is 0 Å². The Hall–Kier alpha value is -1.32. The molecule has 148 valence electrons. The van der Waals surface area contributed by atoms with Crippen LogP contribution in [0, 0.1) is 23.7 Å². The van der Waals surface area contributed by atoms with Crippen molar-refractivity contribution >= 4 is 11.9 Å². The first-order valence-electron chi connectivity index (χ1n) is 10.4. The molecule has 0 N–H and O–H groups in total. The van der Waals surface area contributed by atoms with E-state index in [1.165, 1.54) is 32.6 Å². The van der Waals surface area contributed by atoms with Crippen molar-refractivity contribution in [3.05, 3.63) is 12.2 Å². The molecule has 0 amide bonds. The van der Waals surface area contributed by atoms with Gasteiger partial charge in [-0.1, -0.05) is 12.2 Å². The molecule has 0 spiro atoms. The lowest BCUT2D eigenvalue weighted by Crippen LogP contribution is -2.23. The number of rotatable bonds is 8. The number of allylic oxidation sites excluding steroid dienone is 1. The van der Waals surface area contributed by atoms with Crippen molar-refractivity contribution < 1.29 is 19.1 Å². The molecule has 0 unspecified atom stereocenters. The van der Waals surface area contributed by atoms with Gasteiger partial charge < -0.3 is 9.47 Å². The number of hydrogen-bond acceptors (Lipinski definition) is 4. The van der Waals surface area contributed by atoms with Crippen LogP contribution in [-0.2, 0) is 19.1 Å². The highest BCUT2D eigenvalue weighted by molar-refractivity contribution is 5.72. The maximum atomic E-state index is 11.6.